The minimum Gasteiger partial charge on any atom is -0.376 e. The maximum Gasteiger partial charge on any atom is 0.241 e. The maximum atomic E-state index is 12.8. The van der Waals surface area contributed by atoms with E-state index in [2.05, 4.69) is 10.0 Å². The van der Waals surface area contributed by atoms with Crippen LogP contribution in [0.4, 0.5) is 0 Å². The van der Waals surface area contributed by atoms with Crippen LogP contribution in [0.15, 0.2) is 59.5 Å². The Bertz CT molecular complexity index is 882. The van der Waals surface area contributed by atoms with Gasteiger partial charge in [0.1, 0.15) is 6.04 Å². The summed E-state index contributed by atoms with van der Waals surface area (Å²) < 4.78 is 33.5. The Morgan fingerprint density at radius 3 is 2.50 bits per heavy atom. The fraction of sp³-hybridized carbons (Fsp3) is 0.350. The van der Waals surface area contributed by atoms with Gasteiger partial charge in [-0.15, -0.1) is 0 Å². The number of carbonyl (C=O) groups is 1. The highest BCUT2D eigenvalue weighted by atomic mass is 35.5. The predicted octanol–water partition coefficient (Wildman–Crippen LogP) is 2.52. The lowest BCUT2D eigenvalue weighted by Crippen LogP contribution is -2.49. The first-order valence-electron chi connectivity index (χ1n) is 9.15. The van der Waals surface area contributed by atoms with Gasteiger partial charge in [-0.1, -0.05) is 41.9 Å². The first-order chi connectivity index (χ1) is 13.4. The average Bonchev–Trinajstić information content (AvgIpc) is 3.20. The summed E-state index contributed by atoms with van der Waals surface area (Å²) in [5, 5.41) is 3.26. The van der Waals surface area contributed by atoms with E-state index in [-0.39, 0.29) is 23.3 Å². The topological polar surface area (TPSA) is 84.5 Å². The molecule has 0 spiro atoms. The van der Waals surface area contributed by atoms with Gasteiger partial charge in [-0.3, -0.25) is 4.79 Å². The van der Waals surface area contributed by atoms with Gasteiger partial charge in [-0.2, -0.15) is 4.72 Å². The summed E-state index contributed by atoms with van der Waals surface area (Å²) in [7, 11) is -3.88. The van der Waals surface area contributed by atoms with Crippen molar-refractivity contribution in [2.75, 3.05) is 13.2 Å². The number of sulfonamides is 1. The van der Waals surface area contributed by atoms with Crippen LogP contribution in [-0.2, 0) is 26.0 Å². The monoisotopic (exact) mass is 422 g/mol. The molecule has 2 atom stereocenters. The third-order valence-corrected chi connectivity index (χ3v) is 6.29. The summed E-state index contributed by atoms with van der Waals surface area (Å²) in [4.78, 5) is 12.8. The molecule has 1 saturated heterocycles. The van der Waals surface area contributed by atoms with E-state index in [1.54, 1.807) is 0 Å². The third-order valence-electron chi connectivity index (χ3n) is 4.55. The molecule has 0 saturated carbocycles. The lowest BCUT2D eigenvalue weighted by Gasteiger charge is -2.20. The number of carbonyl (C=O) groups excluding carboxylic acids is 1. The van der Waals surface area contributed by atoms with E-state index in [1.165, 1.54) is 24.3 Å². The number of benzene rings is 2. The summed E-state index contributed by atoms with van der Waals surface area (Å²) in [6.45, 7) is 1.06. The fourth-order valence-corrected chi connectivity index (χ4v) is 4.37. The van der Waals surface area contributed by atoms with Crippen LogP contribution < -0.4 is 10.0 Å². The van der Waals surface area contributed by atoms with Gasteiger partial charge in [-0.05, 0) is 49.1 Å². The van der Waals surface area contributed by atoms with Crippen LogP contribution in [0.3, 0.4) is 0 Å². The van der Waals surface area contributed by atoms with Crippen molar-refractivity contribution < 1.29 is 17.9 Å². The Kier molecular flexibility index (Phi) is 7.07. The van der Waals surface area contributed by atoms with Crippen molar-refractivity contribution in [1.29, 1.82) is 0 Å². The minimum absolute atomic E-state index is 0.0193. The van der Waals surface area contributed by atoms with Crippen LogP contribution in [0.25, 0.3) is 0 Å². The molecule has 1 heterocycles. The van der Waals surface area contributed by atoms with Crippen molar-refractivity contribution in [1.82, 2.24) is 10.0 Å². The number of hydrogen-bond acceptors (Lipinski definition) is 4. The molecule has 1 aliphatic heterocycles. The third kappa shape index (κ3) is 5.78. The Balaban J connectivity index is 1.74. The molecule has 3 rings (SSSR count). The molecule has 6 nitrogen and oxygen atoms in total. The molecule has 2 aromatic carbocycles. The van der Waals surface area contributed by atoms with Crippen LogP contribution in [0.5, 0.6) is 0 Å². The van der Waals surface area contributed by atoms with E-state index in [9.17, 15) is 13.2 Å². The van der Waals surface area contributed by atoms with E-state index in [4.69, 9.17) is 16.3 Å². The molecule has 0 bridgehead atoms. The second kappa shape index (κ2) is 9.52. The first kappa shape index (κ1) is 20.8. The van der Waals surface area contributed by atoms with Gasteiger partial charge in [-0.25, -0.2) is 8.42 Å². The molecule has 2 N–H and O–H groups in total. The molecule has 28 heavy (non-hydrogen) atoms. The summed E-state index contributed by atoms with van der Waals surface area (Å²) in [5.41, 5.74) is 0.860. The number of halogens is 1. The van der Waals surface area contributed by atoms with Crippen molar-refractivity contribution >= 4 is 27.5 Å². The second-order valence-corrected chi connectivity index (χ2v) is 8.85. The van der Waals surface area contributed by atoms with Crippen LogP contribution >= 0.6 is 11.6 Å². The van der Waals surface area contributed by atoms with E-state index in [0.29, 0.717) is 18.2 Å². The smallest absolute Gasteiger partial charge is 0.241 e. The van der Waals surface area contributed by atoms with Gasteiger partial charge in [0, 0.05) is 18.2 Å². The number of rotatable bonds is 8. The largest absolute Gasteiger partial charge is 0.376 e. The summed E-state index contributed by atoms with van der Waals surface area (Å²) in [6.07, 6.45) is 2.08. The SMILES string of the molecule is O=C(NC[C@H]1CCCO1)[C@@H](Cc1ccccc1)NS(=O)(=O)c1ccc(Cl)cc1. The molecule has 0 radical (unpaired) electrons. The zero-order chi connectivity index (χ0) is 20.0. The van der Waals surface area contributed by atoms with Crippen molar-refractivity contribution in [2.45, 2.75) is 36.3 Å². The second-order valence-electron chi connectivity index (χ2n) is 6.70. The standard InChI is InChI=1S/C20H23ClN2O4S/c21-16-8-10-18(11-9-16)28(25,26)23-19(13-15-5-2-1-3-6-15)20(24)22-14-17-7-4-12-27-17/h1-3,5-6,8-11,17,19,23H,4,7,12-14H2,(H,22,24)/t17-,19-/m1/s1. The van der Waals surface area contributed by atoms with Gasteiger partial charge < -0.3 is 10.1 Å². The first-order valence-corrected chi connectivity index (χ1v) is 11.0. The van der Waals surface area contributed by atoms with Crippen molar-refractivity contribution in [3.8, 4) is 0 Å². The lowest BCUT2D eigenvalue weighted by molar-refractivity contribution is -0.123. The molecule has 2 aromatic rings. The van der Waals surface area contributed by atoms with Crippen LogP contribution in [0.1, 0.15) is 18.4 Å². The molecule has 1 aliphatic rings. The molecule has 1 fully saturated rings. The molecule has 8 heteroatoms. The Morgan fingerprint density at radius 1 is 1.14 bits per heavy atom. The number of nitrogens with one attached hydrogen (secondary N) is 2. The molecule has 150 valence electrons. The van der Waals surface area contributed by atoms with Crippen LogP contribution in [0, 0.1) is 0 Å². The lowest BCUT2D eigenvalue weighted by atomic mass is 10.1. The summed E-state index contributed by atoms with van der Waals surface area (Å²) in [5.74, 6) is -0.378. The maximum absolute atomic E-state index is 12.8. The average molecular weight is 423 g/mol. The van der Waals surface area contributed by atoms with Gasteiger partial charge in [0.25, 0.3) is 0 Å². The number of hydrogen-bond donors (Lipinski definition) is 2. The zero-order valence-corrected chi connectivity index (χ0v) is 16.9. The normalized spacial score (nSPS) is 18.0. The van der Waals surface area contributed by atoms with Gasteiger partial charge in [0.2, 0.25) is 15.9 Å². The highest BCUT2D eigenvalue weighted by Crippen LogP contribution is 2.16. The van der Waals surface area contributed by atoms with Crippen LogP contribution in [-0.4, -0.2) is 39.6 Å². The Hall–Kier alpha value is -1.93. The van der Waals surface area contributed by atoms with Gasteiger partial charge in [0.05, 0.1) is 11.0 Å². The molecular formula is C20H23ClN2O4S. The van der Waals surface area contributed by atoms with E-state index in [0.717, 1.165) is 18.4 Å². The number of ether oxygens (including phenoxy) is 1. The molecule has 0 aliphatic carbocycles. The molecule has 0 aromatic heterocycles. The van der Waals surface area contributed by atoms with Crippen molar-refractivity contribution in [3.63, 3.8) is 0 Å². The summed E-state index contributed by atoms with van der Waals surface area (Å²) in [6, 6.07) is 14.2. The molecule has 0 unspecified atom stereocenters. The van der Waals surface area contributed by atoms with Gasteiger partial charge in [0.15, 0.2) is 0 Å². The summed E-state index contributed by atoms with van der Waals surface area (Å²) >= 11 is 5.84. The zero-order valence-electron chi connectivity index (χ0n) is 15.3. The van der Waals surface area contributed by atoms with Crippen molar-refractivity contribution in [3.05, 3.63) is 65.2 Å². The predicted molar refractivity (Wildman–Crippen MR) is 108 cm³/mol. The van der Waals surface area contributed by atoms with E-state index < -0.39 is 16.1 Å². The molecular weight excluding hydrogens is 400 g/mol. The van der Waals surface area contributed by atoms with Gasteiger partial charge >= 0.3 is 0 Å². The van der Waals surface area contributed by atoms with E-state index in [1.807, 2.05) is 30.3 Å². The quantitative estimate of drug-likeness (QED) is 0.684. The Morgan fingerprint density at radius 2 is 1.86 bits per heavy atom. The highest BCUT2D eigenvalue weighted by Gasteiger charge is 2.27. The highest BCUT2D eigenvalue weighted by molar-refractivity contribution is 7.89. The Labute approximate surface area is 170 Å². The van der Waals surface area contributed by atoms with Crippen molar-refractivity contribution in [2.24, 2.45) is 0 Å². The fourth-order valence-electron chi connectivity index (χ4n) is 3.05. The molecule has 1 amide bonds. The van der Waals surface area contributed by atoms with E-state index >= 15 is 0 Å². The minimum atomic E-state index is -3.88. The van der Waals surface area contributed by atoms with Crippen LogP contribution in [0.2, 0.25) is 5.02 Å². The number of amides is 1.